The average molecular weight is 548 g/mol. The number of nitrogens with one attached hydrogen (secondary N) is 2. The van der Waals surface area contributed by atoms with Gasteiger partial charge in [-0.3, -0.25) is 4.79 Å². The first kappa shape index (κ1) is 27.3. The molecule has 0 radical (unpaired) electrons. The number of hydrogen-bond donors (Lipinski definition) is 2. The van der Waals surface area contributed by atoms with Crippen LogP contribution in [0.4, 0.5) is 5.82 Å². The van der Waals surface area contributed by atoms with E-state index in [1.54, 1.807) is 34.8 Å². The van der Waals surface area contributed by atoms with Crippen LogP contribution in [0.2, 0.25) is 0 Å². The van der Waals surface area contributed by atoms with Crippen LogP contribution in [-0.2, 0) is 21.3 Å². The summed E-state index contributed by atoms with van der Waals surface area (Å²) < 4.78 is 34.0. The molecule has 0 spiro atoms. The molecule has 1 aromatic carbocycles. The summed E-state index contributed by atoms with van der Waals surface area (Å²) in [4.78, 5) is 22.1. The van der Waals surface area contributed by atoms with Gasteiger partial charge in [-0.25, -0.2) is 23.1 Å². The van der Waals surface area contributed by atoms with Crippen LogP contribution in [0.15, 0.2) is 40.5 Å². The molecule has 0 saturated carbocycles. The molecule has 1 amide bonds. The highest BCUT2D eigenvalue weighted by molar-refractivity contribution is 7.99. The van der Waals surface area contributed by atoms with Crippen LogP contribution >= 0.6 is 11.8 Å². The maximum absolute atomic E-state index is 12.7. The Morgan fingerprint density at radius 2 is 1.86 bits per heavy atom. The van der Waals surface area contributed by atoms with Crippen molar-refractivity contribution in [3.05, 3.63) is 36.0 Å². The topological polar surface area (TPSA) is 131 Å². The van der Waals surface area contributed by atoms with Crippen molar-refractivity contribution >= 4 is 44.5 Å². The zero-order valence-electron chi connectivity index (χ0n) is 21.1. The third-order valence-electron chi connectivity index (χ3n) is 5.92. The van der Waals surface area contributed by atoms with Gasteiger partial charge in [0.25, 0.3) is 5.91 Å². The number of thioether (sulfide) groups is 1. The highest BCUT2D eigenvalue weighted by atomic mass is 32.2. The van der Waals surface area contributed by atoms with Crippen molar-refractivity contribution in [1.82, 2.24) is 29.4 Å². The number of hydrogen-bond acceptors (Lipinski definition) is 9. The molecular formula is C24H33N7O4S2. The predicted octanol–water partition coefficient (Wildman–Crippen LogP) is 2.60. The van der Waals surface area contributed by atoms with E-state index in [0.717, 1.165) is 24.0 Å². The molecule has 0 atom stereocenters. The number of anilines is 1. The summed E-state index contributed by atoms with van der Waals surface area (Å²) in [5.41, 5.74) is 1.09. The first-order valence-electron chi connectivity index (χ1n) is 12.5. The van der Waals surface area contributed by atoms with Crippen molar-refractivity contribution in [2.24, 2.45) is 0 Å². The van der Waals surface area contributed by atoms with E-state index in [0.29, 0.717) is 68.1 Å². The molecule has 2 aromatic heterocycles. The fraction of sp³-hybridized carbons (Fsp3) is 0.500. The van der Waals surface area contributed by atoms with Crippen LogP contribution in [0.1, 0.15) is 37.0 Å². The van der Waals surface area contributed by atoms with Crippen LogP contribution in [0.25, 0.3) is 11.0 Å². The van der Waals surface area contributed by atoms with E-state index < -0.39 is 10.0 Å². The molecular weight excluding hydrogens is 514 g/mol. The highest BCUT2D eigenvalue weighted by Gasteiger charge is 2.27. The van der Waals surface area contributed by atoms with Gasteiger partial charge in [0.2, 0.25) is 10.0 Å². The Morgan fingerprint density at radius 1 is 1.11 bits per heavy atom. The number of amides is 1. The summed E-state index contributed by atoms with van der Waals surface area (Å²) in [6.07, 6.45) is 3.48. The maximum Gasteiger partial charge on any atom is 0.251 e. The zero-order chi connectivity index (χ0) is 26.3. The monoisotopic (exact) mass is 547 g/mol. The Labute approximate surface area is 221 Å². The molecule has 1 aliphatic rings. The highest BCUT2D eigenvalue weighted by Crippen LogP contribution is 2.24. The van der Waals surface area contributed by atoms with Gasteiger partial charge >= 0.3 is 0 Å². The van der Waals surface area contributed by atoms with Crippen LogP contribution in [-0.4, -0.2) is 83.5 Å². The molecule has 3 aromatic rings. The minimum Gasteiger partial charge on any atom is -0.380 e. The van der Waals surface area contributed by atoms with Crippen molar-refractivity contribution in [2.45, 2.75) is 43.3 Å². The average Bonchev–Trinajstić information content (AvgIpc) is 3.58. The summed E-state index contributed by atoms with van der Waals surface area (Å²) in [5.74, 6) is 1.27. The largest absolute Gasteiger partial charge is 0.380 e. The third-order valence-corrected chi connectivity index (χ3v) is 8.56. The quantitative estimate of drug-likeness (QED) is 0.188. The van der Waals surface area contributed by atoms with Gasteiger partial charge in [-0.15, -0.1) is 0 Å². The maximum atomic E-state index is 12.7. The molecule has 3 heterocycles. The smallest absolute Gasteiger partial charge is 0.251 e. The second kappa shape index (κ2) is 12.7. The molecule has 0 aliphatic carbocycles. The number of carbonyl (C=O) groups is 1. The second-order valence-corrected chi connectivity index (χ2v) is 11.6. The first-order chi connectivity index (χ1) is 17.9. The number of carbonyl (C=O) groups excluding carboxylic acids is 1. The summed E-state index contributed by atoms with van der Waals surface area (Å²) in [7, 11) is -3.50. The van der Waals surface area contributed by atoms with Gasteiger partial charge in [-0.1, -0.05) is 18.7 Å². The second-order valence-electron chi connectivity index (χ2n) is 8.41. The van der Waals surface area contributed by atoms with Gasteiger partial charge in [-0.05, 0) is 49.8 Å². The lowest BCUT2D eigenvalue weighted by Crippen LogP contribution is -2.29. The van der Waals surface area contributed by atoms with E-state index in [1.165, 1.54) is 16.4 Å². The van der Waals surface area contributed by atoms with Crippen LogP contribution < -0.4 is 10.6 Å². The number of fused-ring (bicyclic) bond motifs is 1. The SMILES string of the molecule is CCOCCNc1nc(SCC)nc2c1cnn2CCNC(=O)c1ccc(S(=O)(=O)N2CCCC2)cc1. The molecule has 2 N–H and O–H groups in total. The van der Waals surface area contributed by atoms with Crippen LogP contribution in [0.5, 0.6) is 0 Å². The number of aromatic nitrogens is 4. The first-order valence-corrected chi connectivity index (χ1v) is 14.9. The van der Waals surface area contributed by atoms with Crippen molar-refractivity contribution in [3.63, 3.8) is 0 Å². The van der Waals surface area contributed by atoms with Crippen molar-refractivity contribution in [3.8, 4) is 0 Å². The predicted molar refractivity (Wildman–Crippen MR) is 143 cm³/mol. The molecule has 0 bridgehead atoms. The van der Waals surface area contributed by atoms with E-state index in [1.807, 2.05) is 13.8 Å². The minimum absolute atomic E-state index is 0.208. The van der Waals surface area contributed by atoms with Crippen LogP contribution in [0, 0.1) is 0 Å². The van der Waals surface area contributed by atoms with Gasteiger partial charge in [0, 0.05) is 38.3 Å². The standard InChI is InChI=1S/C24H33N7O4S2/c1-3-35-16-12-25-21-20-17-27-31(22(20)29-24(28-21)36-4-2)15-11-26-23(32)18-7-9-19(10-8-18)37(33,34)30-13-5-6-14-30/h7-10,17H,3-6,11-16H2,1-2H3,(H,26,32)(H,25,28,29). The van der Waals surface area contributed by atoms with Gasteiger partial charge in [0.05, 0.1) is 29.6 Å². The lowest BCUT2D eigenvalue weighted by molar-refractivity contribution is 0.0952. The number of nitrogens with zero attached hydrogens (tertiary/aromatic N) is 5. The molecule has 200 valence electrons. The van der Waals surface area contributed by atoms with E-state index in [4.69, 9.17) is 4.74 Å². The Morgan fingerprint density at radius 3 is 2.57 bits per heavy atom. The van der Waals surface area contributed by atoms with Gasteiger partial charge in [0.15, 0.2) is 10.8 Å². The molecule has 37 heavy (non-hydrogen) atoms. The van der Waals surface area contributed by atoms with Gasteiger partial charge < -0.3 is 15.4 Å². The summed E-state index contributed by atoms with van der Waals surface area (Å²) >= 11 is 1.55. The molecule has 1 aliphatic heterocycles. The lowest BCUT2D eigenvalue weighted by Gasteiger charge is -2.15. The molecule has 13 heteroatoms. The van der Waals surface area contributed by atoms with Crippen LogP contribution in [0.3, 0.4) is 0 Å². The lowest BCUT2D eigenvalue weighted by atomic mass is 10.2. The normalized spacial score (nSPS) is 14.3. The molecule has 1 saturated heterocycles. The van der Waals surface area contributed by atoms with E-state index in [2.05, 4.69) is 25.7 Å². The Bertz CT molecular complexity index is 1310. The van der Waals surface area contributed by atoms with Gasteiger partial charge in [-0.2, -0.15) is 9.40 Å². The fourth-order valence-electron chi connectivity index (χ4n) is 4.05. The summed E-state index contributed by atoms with van der Waals surface area (Å²) in [5, 5.41) is 12.1. The van der Waals surface area contributed by atoms with Crippen molar-refractivity contribution < 1.29 is 17.9 Å². The summed E-state index contributed by atoms with van der Waals surface area (Å²) in [6, 6.07) is 6.08. The zero-order valence-corrected chi connectivity index (χ0v) is 22.8. The number of rotatable bonds is 13. The summed E-state index contributed by atoms with van der Waals surface area (Å²) in [6.45, 7) is 7.68. The molecule has 11 nitrogen and oxygen atoms in total. The fourth-order valence-corrected chi connectivity index (χ4v) is 6.13. The van der Waals surface area contributed by atoms with E-state index >= 15 is 0 Å². The molecule has 0 unspecified atom stereocenters. The Balaban J connectivity index is 1.39. The van der Waals surface area contributed by atoms with Crippen molar-refractivity contribution in [2.75, 3.05) is 50.5 Å². The van der Waals surface area contributed by atoms with Crippen molar-refractivity contribution in [1.29, 1.82) is 0 Å². The number of sulfonamides is 1. The molecule has 1 fully saturated rings. The Hall–Kier alpha value is -2.74. The number of ether oxygens (including phenoxy) is 1. The molecule has 4 rings (SSSR count). The van der Waals surface area contributed by atoms with E-state index in [9.17, 15) is 13.2 Å². The minimum atomic E-state index is -3.50. The number of benzene rings is 1. The van der Waals surface area contributed by atoms with E-state index in [-0.39, 0.29) is 10.8 Å². The van der Waals surface area contributed by atoms with Gasteiger partial charge in [0.1, 0.15) is 5.82 Å². The third kappa shape index (κ3) is 6.58. The Kier molecular flexibility index (Phi) is 9.35.